The highest BCUT2D eigenvalue weighted by atomic mass is 28.4. The normalized spacial score (nSPS) is 12.0. The van der Waals surface area contributed by atoms with E-state index in [4.69, 9.17) is 36.0 Å². The van der Waals surface area contributed by atoms with Crippen molar-refractivity contribution in [1.29, 1.82) is 0 Å². The van der Waals surface area contributed by atoms with Crippen molar-refractivity contribution in [3.05, 3.63) is 0 Å². The van der Waals surface area contributed by atoms with Crippen LogP contribution in [0.4, 0.5) is 0 Å². The Morgan fingerprint density at radius 3 is 0.875 bits per heavy atom. The number of hydrogen-bond acceptors (Lipinski definition) is 8. The van der Waals surface area contributed by atoms with Crippen LogP contribution in [-0.2, 0) is 36.0 Å². The van der Waals surface area contributed by atoms with Gasteiger partial charge in [-0.15, -0.1) is 0 Å². The molecule has 0 aliphatic carbocycles. The molecule has 0 fully saturated rings. The van der Waals surface area contributed by atoms with E-state index in [1.807, 2.05) is 0 Å². The predicted molar refractivity (Wildman–Crippen MR) is 96.2 cm³/mol. The maximum absolute atomic E-state index is 5.22. The smallest absolute Gasteiger partial charge is 0.385 e. The third-order valence-electron chi connectivity index (χ3n) is 3.53. The van der Waals surface area contributed by atoms with Crippen molar-refractivity contribution in [3.8, 4) is 0 Å². The quantitative estimate of drug-likeness (QED) is 0.329. The summed E-state index contributed by atoms with van der Waals surface area (Å²) in [4.78, 5) is 0. The lowest BCUT2D eigenvalue weighted by molar-refractivity contribution is 0.117. The van der Waals surface area contributed by atoms with Crippen molar-refractivity contribution in [1.82, 2.24) is 0 Å². The summed E-state index contributed by atoms with van der Waals surface area (Å²) in [6.07, 6.45) is 1.80. The van der Waals surface area contributed by atoms with Crippen molar-refractivity contribution in [2.75, 3.05) is 70.1 Å². The second-order valence-electron chi connectivity index (χ2n) is 4.78. The van der Waals surface area contributed by atoms with Gasteiger partial charge in [0.25, 0.3) is 0 Å². The summed E-state index contributed by atoms with van der Waals surface area (Å²) in [7, 11) is 8.39. The van der Waals surface area contributed by atoms with E-state index < -0.39 is 17.6 Å². The molecule has 0 aliphatic heterocycles. The Labute approximate surface area is 149 Å². The lowest BCUT2D eigenvalue weighted by Crippen LogP contribution is -2.42. The van der Waals surface area contributed by atoms with Crippen LogP contribution in [0.1, 0.15) is 12.8 Å². The molecule has 0 atom stereocenters. The van der Waals surface area contributed by atoms with E-state index in [2.05, 4.69) is 0 Å². The topological polar surface area (TPSA) is 73.8 Å². The average Bonchev–Trinajstić information content (AvgIpc) is 2.64. The Morgan fingerprint density at radius 2 is 0.708 bits per heavy atom. The largest absolute Gasteiger partial charge is 0.500 e. The summed E-state index contributed by atoms with van der Waals surface area (Å²) in [6, 6.07) is 1.59. The van der Waals surface area contributed by atoms with Gasteiger partial charge in [0.2, 0.25) is 0 Å². The summed E-state index contributed by atoms with van der Waals surface area (Å²) in [5.41, 5.74) is 0. The van der Waals surface area contributed by atoms with Crippen LogP contribution in [0, 0.1) is 0 Å². The molecule has 0 amide bonds. The SMILES string of the molecule is COCCC[Si](OC)(OC)OC.COCCC[Si](OC)(OC)OC. The van der Waals surface area contributed by atoms with E-state index in [-0.39, 0.29) is 0 Å². The molecule has 0 saturated heterocycles. The first-order chi connectivity index (χ1) is 11.5. The molecule has 0 unspecified atom stereocenters. The van der Waals surface area contributed by atoms with Crippen molar-refractivity contribution >= 4 is 17.6 Å². The number of hydrogen-bond donors (Lipinski definition) is 0. The second-order valence-corrected chi connectivity index (χ2v) is 11.0. The molecule has 8 nitrogen and oxygen atoms in total. The number of methoxy groups -OCH3 is 2. The Hall–Kier alpha value is 0.114. The number of rotatable bonds is 14. The van der Waals surface area contributed by atoms with Gasteiger partial charge >= 0.3 is 17.6 Å². The summed E-state index contributed by atoms with van der Waals surface area (Å²) in [5.74, 6) is 0. The highest BCUT2D eigenvalue weighted by molar-refractivity contribution is 6.60. The molecule has 148 valence electrons. The van der Waals surface area contributed by atoms with Gasteiger partial charge in [0.05, 0.1) is 0 Å². The zero-order valence-electron chi connectivity index (χ0n) is 16.5. The van der Waals surface area contributed by atoms with Gasteiger partial charge in [0.1, 0.15) is 0 Å². The monoisotopic (exact) mass is 388 g/mol. The molecule has 0 aromatic rings. The maximum Gasteiger partial charge on any atom is 0.500 e. The maximum atomic E-state index is 5.22. The molecule has 0 saturated carbocycles. The fourth-order valence-corrected chi connectivity index (χ4v) is 5.36. The second kappa shape index (κ2) is 16.6. The molecule has 0 aromatic carbocycles. The summed E-state index contributed by atoms with van der Waals surface area (Å²) in [5, 5.41) is 0. The molecule has 0 aliphatic rings. The van der Waals surface area contributed by atoms with Crippen molar-refractivity contribution in [3.63, 3.8) is 0 Å². The van der Waals surface area contributed by atoms with Crippen molar-refractivity contribution < 1.29 is 36.0 Å². The molecule has 0 N–H and O–H groups in total. The molecule has 10 heteroatoms. The van der Waals surface area contributed by atoms with E-state index in [1.165, 1.54) is 0 Å². The van der Waals surface area contributed by atoms with Crippen LogP contribution >= 0.6 is 0 Å². The fraction of sp³-hybridized carbons (Fsp3) is 1.00. The van der Waals surface area contributed by atoms with Gasteiger partial charge in [-0.25, -0.2) is 0 Å². The van der Waals surface area contributed by atoms with Crippen molar-refractivity contribution in [2.24, 2.45) is 0 Å². The molecule has 0 radical (unpaired) electrons. The predicted octanol–water partition coefficient (Wildman–Crippen LogP) is 1.80. The lowest BCUT2D eigenvalue weighted by atomic mass is 10.5. The molecule has 0 aromatic heterocycles. The third-order valence-corrected chi connectivity index (χ3v) is 9.19. The Bertz CT molecular complexity index is 221. The van der Waals surface area contributed by atoms with E-state index in [1.54, 1.807) is 56.9 Å². The van der Waals surface area contributed by atoms with E-state index in [0.717, 1.165) is 24.9 Å². The van der Waals surface area contributed by atoms with Gasteiger partial charge in [0, 0.05) is 82.2 Å². The average molecular weight is 389 g/mol. The van der Waals surface area contributed by atoms with E-state index in [9.17, 15) is 0 Å². The Balaban J connectivity index is 0. The van der Waals surface area contributed by atoms with Crippen LogP contribution in [0.3, 0.4) is 0 Å². The first-order valence-corrected chi connectivity index (χ1v) is 11.6. The van der Waals surface area contributed by atoms with Crippen LogP contribution in [0.25, 0.3) is 0 Å². The molecule has 0 bridgehead atoms. The Kier molecular flexibility index (Phi) is 18.2. The van der Waals surface area contributed by atoms with Crippen molar-refractivity contribution in [2.45, 2.75) is 24.9 Å². The first kappa shape index (κ1) is 26.3. The van der Waals surface area contributed by atoms with Gasteiger partial charge in [0.15, 0.2) is 0 Å². The van der Waals surface area contributed by atoms with Crippen LogP contribution < -0.4 is 0 Å². The minimum absolute atomic E-state index is 0.713. The summed E-state index contributed by atoms with van der Waals surface area (Å²) < 4.78 is 41.2. The summed E-state index contributed by atoms with van der Waals surface area (Å²) in [6.45, 7) is 1.43. The molecule has 0 rings (SSSR count). The van der Waals surface area contributed by atoms with Gasteiger partial charge < -0.3 is 36.0 Å². The molecule has 0 heterocycles. The van der Waals surface area contributed by atoms with Gasteiger partial charge in [-0.3, -0.25) is 0 Å². The summed E-state index contributed by atoms with van der Waals surface area (Å²) >= 11 is 0. The van der Waals surface area contributed by atoms with Gasteiger partial charge in [-0.05, 0) is 12.8 Å². The highest BCUT2D eigenvalue weighted by Crippen LogP contribution is 2.15. The standard InChI is InChI=1S/2C7H18O4Si/c2*1-8-6-5-7-12(9-2,10-3)11-4/h2*5-7H2,1-4H3. The molecular weight excluding hydrogens is 352 g/mol. The van der Waals surface area contributed by atoms with E-state index >= 15 is 0 Å². The minimum atomic E-state index is -2.33. The molecular formula is C14H36O8Si2. The van der Waals surface area contributed by atoms with Crippen LogP contribution in [0.5, 0.6) is 0 Å². The van der Waals surface area contributed by atoms with E-state index in [0.29, 0.717) is 13.2 Å². The molecule has 24 heavy (non-hydrogen) atoms. The van der Waals surface area contributed by atoms with Gasteiger partial charge in [-0.1, -0.05) is 0 Å². The first-order valence-electron chi connectivity index (χ1n) is 7.78. The molecule has 0 spiro atoms. The minimum Gasteiger partial charge on any atom is -0.385 e. The number of ether oxygens (including phenoxy) is 2. The van der Waals surface area contributed by atoms with Gasteiger partial charge in [-0.2, -0.15) is 0 Å². The lowest BCUT2D eigenvalue weighted by Gasteiger charge is -2.23. The third kappa shape index (κ3) is 10.9. The fourth-order valence-electron chi connectivity index (χ4n) is 1.98. The zero-order valence-corrected chi connectivity index (χ0v) is 18.5. The van der Waals surface area contributed by atoms with Crippen LogP contribution in [0.15, 0.2) is 0 Å². The van der Waals surface area contributed by atoms with Crippen LogP contribution in [0.2, 0.25) is 12.1 Å². The highest BCUT2D eigenvalue weighted by Gasteiger charge is 2.37. The Morgan fingerprint density at radius 1 is 0.458 bits per heavy atom. The van der Waals surface area contributed by atoms with Crippen LogP contribution in [-0.4, -0.2) is 87.7 Å². The zero-order chi connectivity index (χ0) is 18.9.